The molecule has 1 aliphatic rings. The Morgan fingerprint density at radius 3 is 2.92 bits per heavy atom. The van der Waals surface area contributed by atoms with Gasteiger partial charge in [0.2, 0.25) is 0 Å². The number of hydrogen-bond acceptors (Lipinski definition) is 5. The molecular weight excluding hydrogens is 318 g/mol. The second kappa shape index (κ2) is 6.34. The predicted molar refractivity (Wildman–Crippen MR) is 97.2 cm³/mol. The summed E-state index contributed by atoms with van der Waals surface area (Å²) in [6, 6.07) is 12.9. The molecule has 0 saturated carbocycles. The third-order valence-corrected chi connectivity index (χ3v) is 5.30. The van der Waals surface area contributed by atoms with Crippen molar-refractivity contribution in [3.05, 3.63) is 64.9 Å². The van der Waals surface area contributed by atoms with Crippen LogP contribution in [0.4, 0.5) is 5.82 Å². The molecule has 3 heterocycles. The van der Waals surface area contributed by atoms with Crippen LogP contribution >= 0.6 is 11.3 Å². The summed E-state index contributed by atoms with van der Waals surface area (Å²) in [5, 5.41) is 11.8. The molecule has 0 spiro atoms. The lowest BCUT2D eigenvalue weighted by Crippen LogP contribution is -2.31. The van der Waals surface area contributed by atoms with Gasteiger partial charge in [0.1, 0.15) is 11.9 Å². The fraction of sp³-hybridized carbons (Fsp3) is 0.263. The second-order valence-corrected chi connectivity index (χ2v) is 7.03. The first kappa shape index (κ1) is 15.3. The zero-order valence-corrected chi connectivity index (χ0v) is 14.3. The number of aliphatic hydroxyl groups excluding tert-OH is 1. The van der Waals surface area contributed by atoms with E-state index < -0.39 is 6.10 Å². The van der Waals surface area contributed by atoms with Crippen LogP contribution < -0.4 is 4.90 Å². The van der Waals surface area contributed by atoms with Crippen molar-refractivity contribution in [2.45, 2.75) is 26.0 Å². The number of anilines is 1. The van der Waals surface area contributed by atoms with Crippen LogP contribution in [0.15, 0.2) is 48.0 Å². The maximum Gasteiger partial charge on any atom is 0.158 e. The Morgan fingerprint density at radius 2 is 2.12 bits per heavy atom. The molecule has 0 unspecified atom stereocenters. The first-order valence-corrected chi connectivity index (χ1v) is 9.00. The third-order valence-electron chi connectivity index (χ3n) is 4.38. The lowest BCUT2D eigenvalue weighted by molar-refractivity contribution is 0.189. The first-order chi connectivity index (χ1) is 11.7. The quantitative estimate of drug-likeness (QED) is 0.789. The zero-order valence-electron chi connectivity index (χ0n) is 13.5. The number of hydrogen-bond donors (Lipinski definition) is 1. The van der Waals surface area contributed by atoms with E-state index in [1.165, 1.54) is 21.6 Å². The predicted octanol–water partition coefficient (Wildman–Crippen LogP) is 3.82. The van der Waals surface area contributed by atoms with Gasteiger partial charge in [-0.2, -0.15) is 0 Å². The molecule has 4 rings (SSSR count). The van der Waals surface area contributed by atoms with Crippen LogP contribution in [-0.2, 0) is 13.0 Å². The minimum Gasteiger partial charge on any atom is -0.385 e. The Kier molecular flexibility index (Phi) is 4.04. The summed E-state index contributed by atoms with van der Waals surface area (Å²) in [5.74, 6) is 1.36. The van der Waals surface area contributed by atoms with Crippen LogP contribution in [0.25, 0.3) is 10.4 Å². The number of nitrogens with zero attached hydrogens (tertiary/aromatic N) is 3. The van der Waals surface area contributed by atoms with E-state index in [2.05, 4.69) is 50.6 Å². The van der Waals surface area contributed by atoms with Gasteiger partial charge in [0.05, 0.1) is 0 Å². The van der Waals surface area contributed by atoms with Crippen molar-refractivity contribution < 1.29 is 5.11 Å². The van der Waals surface area contributed by atoms with Crippen molar-refractivity contribution in [1.29, 1.82) is 0 Å². The van der Waals surface area contributed by atoms with E-state index in [1.807, 2.05) is 6.07 Å². The van der Waals surface area contributed by atoms with Crippen LogP contribution in [0.3, 0.4) is 0 Å². The molecule has 1 aliphatic heterocycles. The van der Waals surface area contributed by atoms with Crippen molar-refractivity contribution >= 4 is 17.2 Å². The van der Waals surface area contributed by atoms with E-state index >= 15 is 0 Å². The molecule has 0 radical (unpaired) electrons. The van der Waals surface area contributed by atoms with E-state index in [4.69, 9.17) is 0 Å². The van der Waals surface area contributed by atoms with E-state index in [1.54, 1.807) is 24.5 Å². The second-order valence-electron chi connectivity index (χ2n) is 6.08. The van der Waals surface area contributed by atoms with Gasteiger partial charge in [-0.05, 0) is 53.6 Å². The molecule has 0 amide bonds. The molecule has 5 heteroatoms. The number of benzene rings is 1. The van der Waals surface area contributed by atoms with Gasteiger partial charge in [-0.3, -0.25) is 0 Å². The standard InChI is InChI=1S/C19H19N3OS/c1-13(23)19-20-8-6-18(21-19)22-9-7-14-11-15(4-5-16(14)12-22)17-3-2-10-24-17/h2-6,8,10-11,13,23H,7,9,12H2,1H3/t13-/m1/s1. The van der Waals surface area contributed by atoms with Gasteiger partial charge in [-0.1, -0.05) is 18.2 Å². The highest BCUT2D eigenvalue weighted by Crippen LogP contribution is 2.30. The van der Waals surface area contributed by atoms with Crippen LogP contribution in [-0.4, -0.2) is 21.6 Å². The summed E-state index contributed by atoms with van der Waals surface area (Å²) < 4.78 is 0. The summed E-state index contributed by atoms with van der Waals surface area (Å²) in [6.45, 7) is 3.46. The van der Waals surface area contributed by atoms with Gasteiger partial charge >= 0.3 is 0 Å². The summed E-state index contributed by atoms with van der Waals surface area (Å²) in [4.78, 5) is 12.2. The molecule has 122 valence electrons. The van der Waals surface area contributed by atoms with Crippen molar-refractivity contribution in [2.75, 3.05) is 11.4 Å². The van der Waals surface area contributed by atoms with Crippen molar-refractivity contribution in [3.63, 3.8) is 0 Å². The van der Waals surface area contributed by atoms with Crippen LogP contribution in [0.1, 0.15) is 30.0 Å². The van der Waals surface area contributed by atoms with Crippen LogP contribution in [0, 0.1) is 0 Å². The molecule has 0 bridgehead atoms. The smallest absolute Gasteiger partial charge is 0.158 e. The van der Waals surface area contributed by atoms with E-state index in [0.29, 0.717) is 5.82 Å². The SMILES string of the molecule is C[C@@H](O)c1nccc(N2CCc3cc(-c4cccs4)ccc3C2)n1. The minimum absolute atomic E-state index is 0.478. The molecule has 0 saturated heterocycles. The molecule has 3 aromatic rings. The number of thiophene rings is 1. The number of fused-ring (bicyclic) bond motifs is 1. The summed E-state index contributed by atoms with van der Waals surface area (Å²) >= 11 is 1.78. The lowest BCUT2D eigenvalue weighted by Gasteiger charge is -2.30. The Labute approximate surface area is 145 Å². The maximum absolute atomic E-state index is 9.68. The monoisotopic (exact) mass is 337 g/mol. The van der Waals surface area contributed by atoms with Crippen molar-refractivity contribution in [3.8, 4) is 10.4 Å². The maximum atomic E-state index is 9.68. The topological polar surface area (TPSA) is 49.3 Å². The summed E-state index contributed by atoms with van der Waals surface area (Å²) in [5.41, 5.74) is 4.07. The Balaban J connectivity index is 1.59. The molecule has 1 N–H and O–H groups in total. The molecular formula is C19H19N3OS. The lowest BCUT2D eigenvalue weighted by atomic mass is 9.97. The molecule has 0 fully saturated rings. The molecule has 0 aliphatic carbocycles. The zero-order chi connectivity index (χ0) is 16.5. The van der Waals surface area contributed by atoms with Gasteiger partial charge in [0, 0.05) is 24.2 Å². The van der Waals surface area contributed by atoms with E-state index in [0.717, 1.165) is 25.3 Å². The van der Waals surface area contributed by atoms with Gasteiger partial charge in [-0.15, -0.1) is 11.3 Å². The average Bonchev–Trinajstić information content (AvgIpc) is 3.15. The van der Waals surface area contributed by atoms with Crippen LogP contribution in [0.5, 0.6) is 0 Å². The Hall–Kier alpha value is -2.24. The largest absolute Gasteiger partial charge is 0.385 e. The van der Waals surface area contributed by atoms with Gasteiger partial charge in [0.25, 0.3) is 0 Å². The average molecular weight is 337 g/mol. The summed E-state index contributed by atoms with van der Waals surface area (Å²) in [7, 11) is 0. The number of rotatable bonds is 3. The van der Waals surface area contributed by atoms with E-state index in [9.17, 15) is 5.11 Å². The molecule has 2 aromatic heterocycles. The normalized spacial score (nSPS) is 15.2. The Bertz CT molecular complexity index is 846. The molecule has 24 heavy (non-hydrogen) atoms. The number of aromatic nitrogens is 2. The van der Waals surface area contributed by atoms with Crippen molar-refractivity contribution in [2.24, 2.45) is 0 Å². The molecule has 1 atom stereocenters. The van der Waals surface area contributed by atoms with Gasteiger partial charge in [-0.25, -0.2) is 9.97 Å². The highest BCUT2D eigenvalue weighted by Gasteiger charge is 2.19. The summed E-state index contributed by atoms with van der Waals surface area (Å²) in [6.07, 6.45) is 2.08. The van der Waals surface area contributed by atoms with Crippen molar-refractivity contribution in [1.82, 2.24) is 9.97 Å². The fourth-order valence-corrected chi connectivity index (χ4v) is 3.81. The minimum atomic E-state index is -0.643. The fourth-order valence-electron chi connectivity index (χ4n) is 3.09. The third kappa shape index (κ3) is 2.92. The van der Waals surface area contributed by atoms with Gasteiger partial charge in [0.15, 0.2) is 5.82 Å². The molecule has 4 nitrogen and oxygen atoms in total. The highest BCUT2D eigenvalue weighted by molar-refractivity contribution is 7.13. The number of aliphatic hydroxyl groups is 1. The Morgan fingerprint density at radius 1 is 1.21 bits per heavy atom. The molecule has 1 aromatic carbocycles. The van der Waals surface area contributed by atoms with E-state index in [-0.39, 0.29) is 0 Å². The van der Waals surface area contributed by atoms with Gasteiger partial charge < -0.3 is 10.0 Å². The first-order valence-electron chi connectivity index (χ1n) is 8.12. The van der Waals surface area contributed by atoms with Crippen LogP contribution in [0.2, 0.25) is 0 Å². The highest BCUT2D eigenvalue weighted by atomic mass is 32.1.